The lowest BCUT2D eigenvalue weighted by atomic mass is 9.91. The Labute approximate surface area is 126 Å². The SMILES string of the molecule is CCCCc1cc(C(CC)CC(=O)O)ccc1OC(C)=O. The van der Waals surface area contributed by atoms with Gasteiger partial charge in [0.15, 0.2) is 0 Å². The third kappa shape index (κ3) is 5.58. The number of esters is 1. The van der Waals surface area contributed by atoms with Crippen molar-refractivity contribution in [2.75, 3.05) is 0 Å². The molecule has 0 aromatic heterocycles. The highest BCUT2D eigenvalue weighted by atomic mass is 16.5. The molecule has 1 rings (SSSR count). The predicted octanol–water partition coefficient (Wildman–Crippen LogP) is 3.92. The van der Waals surface area contributed by atoms with Gasteiger partial charge in [-0.2, -0.15) is 0 Å². The quantitative estimate of drug-likeness (QED) is 0.582. The van der Waals surface area contributed by atoms with Gasteiger partial charge >= 0.3 is 11.9 Å². The van der Waals surface area contributed by atoms with Gasteiger partial charge in [0, 0.05) is 6.92 Å². The summed E-state index contributed by atoms with van der Waals surface area (Å²) in [7, 11) is 0. The van der Waals surface area contributed by atoms with E-state index in [1.807, 2.05) is 19.1 Å². The summed E-state index contributed by atoms with van der Waals surface area (Å²) in [6.07, 6.45) is 3.78. The molecule has 0 radical (unpaired) electrons. The molecule has 0 amide bonds. The Bertz CT molecular complexity index is 494. The largest absolute Gasteiger partial charge is 0.481 e. The van der Waals surface area contributed by atoms with Crippen molar-refractivity contribution in [2.45, 2.75) is 58.8 Å². The fraction of sp³-hybridized carbons (Fsp3) is 0.529. The van der Waals surface area contributed by atoms with E-state index in [0.29, 0.717) is 5.75 Å². The first kappa shape index (κ1) is 17.2. The number of hydrogen-bond donors (Lipinski definition) is 1. The minimum atomic E-state index is -0.791. The van der Waals surface area contributed by atoms with Crippen LogP contribution in [-0.4, -0.2) is 17.0 Å². The van der Waals surface area contributed by atoms with Gasteiger partial charge in [-0.1, -0.05) is 32.4 Å². The van der Waals surface area contributed by atoms with Gasteiger partial charge < -0.3 is 9.84 Å². The highest BCUT2D eigenvalue weighted by Gasteiger charge is 2.16. The number of carboxylic acid groups (broad SMARTS) is 1. The number of carboxylic acids is 1. The standard InChI is InChI=1S/C17H24O4/c1-4-6-7-15-10-14(13(5-2)11-17(19)20)8-9-16(15)21-12(3)18/h8-10,13H,4-7,11H2,1-3H3,(H,19,20). The molecule has 1 aromatic rings. The molecule has 0 aliphatic heterocycles. The topological polar surface area (TPSA) is 63.6 Å². The molecule has 116 valence electrons. The molecule has 0 heterocycles. The van der Waals surface area contributed by atoms with Crippen LogP contribution in [0.3, 0.4) is 0 Å². The summed E-state index contributed by atoms with van der Waals surface area (Å²) in [5, 5.41) is 8.99. The van der Waals surface area contributed by atoms with Crippen molar-refractivity contribution < 1.29 is 19.4 Å². The first-order valence-corrected chi connectivity index (χ1v) is 7.50. The number of rotatable bonds is 8. The van der Waals surface area contributed by atoms with E-state index in [-0.39, 0.29) is 18.3 Å². The Morgan fingerprint density at radius 3 is 2.52 bits per heavy atom. The van der Waals surface area contributed by atoms with Gasteiger partial charge in [0.1, 0.15) is 5.75 Å². The predicted molar refractivity (Wildman–Crippen MR) is 81.6 cm³/mol. The number of carbonyl (C=O) groups excluding carboxylic acids is 1. The van der Waals surface area contributed by atoms with Gasteiger partial charge in [0.2, 0.25) is 0 Å². The summed E-state index contributed by atoms with van der Waals surface area (Å²) in [4.78, 5) is 22.1. The van der Waals surface area contributed by atoms with Crippen LogP contribution < -0.4 is 4.74 Å². The third-order valence-electron chi connectivity index (χ3n) is 3.52. The van der Waals surface area contributed by atoms with E-state index in [0.717, 1.165) is 36.8 Å². The van der Waals surface area contributed by atoms with Crippen LogP contribution in [-0.2, 0) is 16.0 Å². The summed E-state index contributed by atoms with van der Waals surface area (Å²) in [6.45, 7) is 5.48. The number of hydrogen-bond acceptors (Lipinski definition) is 3. The Balaban J connectivity index is 3.06. The molecule has 1 aromatic carbocycles. The van der Waals surface area contributed by atoms with Crippen LogP contribution in [0.5, 0.6) is 5.75 Å². The molecule has 1 atom stereocenters. The van der Waals surface area contributed by atoms with Crippen LogP contribution in [0.1, 0.15) is 63.5 Å². The molecule has 1 unspecified atom stereocenters. The van der Waals surface area contributed by atoms with Crippen LogP contribution >= 0.6 is 0 Å². The van der Waals surface area contributed by atoms with Crippen molar-refractivity contribution in [1.29, 1.82) is 0 Å². The zero-order valence-electron chi connectivity index (χ0n) is 13.0. The van der Waals surface area contributed by atoms with Crippen molar-refractivity contribution in [1.82, 2.24) is 0 Å². The molecule has 4 nitrogen and oxygen atoms in total. The number of benzene rings is 1. The molecule has 0 saturated carbocycles. The average molecular weight is 292 g/mol. The molecule has 0 saturated heterocycles. The van der Waals surface area contributed by atoms with Crippen LogP contribution in [0.4, 0.5) is 0 Å². The molecule has 21 heavy (non-hydrogen) atoms. The maximum Gasteiger partial charge on any atom is 0.308 e. The normalized spacial score (nSPS) is 12.0. The van der Waals surface area contributed by atoms with E-state index in [4.69, 9.17) is 9.84 Å². The average Bonchev–Trinajstić information content (AvgIpc) is 2.43. The van der Waals surface area contributed by atoms with Crippen molar-refractivity contribution in [3.05, 3.63) is 29.3 Å². The lowest BCUT2D eigenvalue weighted by Crippen LogP contribution is -2.08. The second-order valence-electron chi connectivity index (χ2n) is 5.27. The van der Waals surface area contributed by atoms with Crippen LogP contribution in [0.2, 0.25) is 0 Å². The second-order valence-corrected chi connectivity index (χ2v) is 5.27. The highest BCUT2D eigenvalue weighted by molar-refractivity contribution is 5.70. The zero-order chi connectivity index (χ0) is 15.8. The molecule has 1 N–H and O–H groups in total. The summed E-state index contributed by atoms with van der Waals surface area (Å²) in [6, 6.07) is 5.64. The monoisotopic (exact) mass is 292 g/mol. The Hall–Kier alpha value is -1.84. The summed E-state index contributed by atoms with van der Waals surface area (Å²) < 4.78 is 5.24. The van der Waals surface area contributed by atoms with Gasteiger partial charge in [-0.3, -0.25) is 9.59 Å². The van der Waals surface area contributed by atoms with E-state index in [1.54, 1.807) is 6.07 Å². The maximum atomic E-state index is 11.2. The zero-order valence-corrected chi connectivity index (χ0v) is 13.0. The van der Waals surface area contributed by atoms with E-state index in [9.17, 15) is 9.59 Å². The third-order valence-corrected chi connectivity index (χ3v) is 3.52. The first-order chi connectivity index (χ1) is 9.97. The minimum absolute atomic E-state index is 0.00532. The molecule has 0 aliphatic rings. The Kier molecular flexibility index (Phi) is 6.92. The molecular weight excluding hydrogens is 268 g/mol. The lowest BCUT2D eigenvalue weighted by molar-refractivity contribution is -0.137. The van der Waals surface area contributed by atoms with E-state index in [2.05, 4.69) is 6.92 Å². The molecule has 0 bridgehead atoms. The fourth-order valence-electron chi connectivity index (χ4n) is 2.38. The van der Waals surface area contributed by atoms with Crippen molar-refractivity contribution in [3.8, 4) is 5.75 Å². The van der Waals surface area contributed by atoms with Gasteiger partial charge in [-0.25, -0.2) is 0 Å². The van der Waals surface area contributed by atoms with Crippen LogP contribution in [0.15, 0.2) is 18.2 Å². The van der Waals surface area contributed by atoms with E-state index in [1.165, 1.54) is 6.92 Å². The summed E-state index contributed by atoms with van der Waals surface area (Å²) in [5.74, 6) is -0.543. The van der Waals surface area contributed by atoms with Gasteiger partial charge in [-0.05, 0) is 42.4 Å². The molecule has 0 spiro atoms. The molecular formula is C17H24O4. The van der Waals surface area contributed by atoms with Crippen LogP contribution in [0.25, 0.3) is 0 Å². The Morgan fingerprint density at radius 1 is 1.29 bits per heavy atom. The van der Waals surface area contributed by atoms with Crippen molar-refractivity contribution in [3.63, 3.8) is 0 Å². The smallest absolute Gasteiger partial charge is 0.308 e. The van der Waals surface area contributed by atoms with Gasteiger partial charge in [0.05, 0.1) is 6.42 Å². The Morgan fingerprint density at radius 2 is 2.00 bits per heavy atom. The van der Waals surface area contributed by atoms with E-state index < -0.39 is 5.97 Å². The number of unbranched alkanes of at least 4 members (excludes halogenated alkanes) is 1. The summed E-state index contributed by atoms with van der Waals surface area (Å²) in [5.41, 5.74) is 1.98. The van der Waals surface area contributed by atoms with Crippen molar-refractivity contribution >= 4 is 11.9 Å². The highest BCUT2D eigenvalue weighted by Crippen LogP contribution is 2.29. The number of aliphatic carboxylic acids is 1. The molecule has 4 heteroatoms. The number of ether oxygens (including phenoxy) is 1. The summed E-state index contributed by atoms with van der Waals surface area (Å²) >= 11 is 0. The van der Waals surface area contributed by atoms with Gasteiger partial charge in [0.25, 0.3) is 0 Å². The van der Waals surface area contributed by atoms with Crippen LogP contribution in [0, 0.1) is 0 Å². The first-order valence-electron chi connectivity index (χ1n) is 7.50. The number of aryl methyl sites for hydroxylation is 1. The van der Waals surface area contributed by atoms with Gasteiger partial charge in [-0.15, -0.1) is 0 Å². The van der Waals surface area contributed by atoms with E-state index >= 15 is 0 Å². The fourth-order valence-corrected chi connectivity index (χ4v) is 2.38. The number of carbonyl (C=O) groups is 2. The maximum absolute atomic E-state index is 11.2. The second kappa shape index (κ2) is 8.45. The lowest BCUT2D eigenvalue weighted by Gasteiger charge is -2.16. The minimum Gasteiger partial charge on any atom is -0.481 e. The molecule has 0 aliphatic carbocycles. The molecule has 0 fully saturated rings. The van der Waals surface area contributed by atoms with Crippen molar-refractivity contribution in [2.24, 2.45) is 0 Å².